The lowest BCUT2D eigenvalue weighted by Gasteiger charge is -2.16. The fourth-order valence-corrected chi connectivity index (χ4v) is 3.07. The lowest BCUT2D eigenvalue weighted by molar-refractivity contribution is 0.194. The monoisotopic (exact) mass is 461 g/mol. The number of halogens is 3. The summed E-state index contributed by atoms with van der Waals surface area (Å²) in [6, 6.07) is 10.5. The average molecular weight is 463 g/mol. The first-order chi connectivity index (χ1) is 12.7. The summed E-state index contributed by atoms with van der Waals surface area (Å²) in [5, 5.41) is 3.37. The van der Waals surface area contributed by atoms with Crippen molar-refractivity contribution in [1.82, 2.24) is 5.32 Å². The Hall–Kier alpha value is -1.34. The number of nitrogens with one attached hydrogen (secondary N) is 1. The molecule has 27 heavy (non-hydrogen) atoms. The third-order valence-corrected chi connectivity index (χ3v) is 4.32. The highest BCUT2D eigenvalue weighted by Gasteiger charge is 2.13. The third-order valence-electron chi connectivity index (χ3n) is 3.73. The van der Waals surface area contributed by atoms with Crippen molar-refractivity contribution < 1.29 is 18.6 Å². The summed E-state index contributed by atoms with van der Waals surface area (Å²) >= 11 is 3.55. The van der Waals surface area contributed by atoms with E-state index in [4.69, 9.17) is 14.2 Å². The molecule has 2 aromatic carbocycles. The Morgan fingerprint density at radius 2 is 1.93 bits per heavy atom. The zero-order valence-electron chi connectivity index (χ0n) is 15.6. The highest BCUT2D eigenvalue weighted by molar-refractivity contribution is 9.10. The summed E-state index contributed by atoms with van der Waals surface area (Å²) in [6.45, 7) is 4.91. The van der Waals surface area contributed by atoms with E-state index in [1.54, 1.807) is 25.3 Å². The van der Waals surface area contributed by atoms with Crippen molar-refractivity contribution in [3.63, 3.8) is 0 Å². The Bertz CT molecular complexity index is 703. The first-order valence-corrected chi connectivity index (χ1v) is 9.46. The first kappa shape index (κ1) is 23.7. The maximum atomic E-state index is 13.8. The molecule has 2 aromatic rings. The Morgan fingerprint density at radius 3 is 2.63 bits per heavy atom. The van der Waals surface area contributed by atoms with Crippen molar-refractivity contribution in [2.24, 2.45) is 0 Å². The molecule has 0 amide bonds. The standard InChI is InChI=1S/C20H25BrFNO3.ClH/c1-3-25-19-12-15(13-23-9-6-10-24-2)11-17(21)20(19)26-14-16-7-4-5-8-18(16)22;/h4-5,7-8,11-12,23H,3,6,9-10,13-14H2,1-2H3;1H. The molecule has 2 rings (SSSR count). The van der Waals surface area contributed by atoms with Crippen molar-refractivity contribution in [2.75, 3.05) is 26.9 Å². The van der Waals surface area contributed by atoms with E-state index in [1.165, 1.54) is 6.07 Å². The van der Waals surface area contributed by atoms with Crippen molar-refractivity contribution in [1.29, 1.82) is 0 Å². The lowest BCUT2D eigenvalue weighted by atomic mass is 10.2. The fourth-order valence-electron chi connectivity index (χ4n) is 2.47. The molecule has 150 valence electrons. The molecule has 0 saturated carbocycles. The average Bonchev–Trinajstić information content (AvgIpc) is 2.62. The van der Waals surface area contributed by atoms with Crippen molar-refractivity contribution in [2.45, 2.75) is 26.5 Å². The highest BCUT2D eigenvalue weighted by Crippen LogP contribution is 2.37. The van der Waals surface area contributed by atoms with Crippen LogP contribution in [0.1, 0.15) is 24.5 Å². The van der Waals surface area contributed by atoms with E-state index in [0.29, 0.717) is 23.7 Å². The molecule has 0 atom stereocenters. The molecule has 0 radical (unpaired) electrons. The maximum absolute atomic E-state index is 13.8. The highest BCUT2D eigenvalue weighted by atomic mass is 79.9. The van der Waals surface area contributed by atoms with Gasteiger partial charge in [0.15, 0.2) is 11.5 Å². The number of hydrogen-bond acceptors (Lipinski definition) is 4. The topological polar surface area (TPSA) is 39.7 Å². The van der Waals surface area contributed by atoms with Crippen LogP contribution in [-0.2, 0) is 17.9 Å². The van der Waals surface area contributed by atoms with Crippen LogP contribution in [-0.4, -0.2) is 26.9 Å². The van der Waals surface area contributed by atoms with E-state index in [-0.39, 0.29) is 24.8 Å². The van der Waals surface area contributed by atoms with Crippen molar-refractivity contribution in [3.05, 3.63) is 57.8 Å². The second kappa shape index (κ2) is 12.9. The maximum Gasteiger partial charge on any atom is 0.175 e. The molecule has 0 aliphatic rings. The Morgan fingerprint density at radius 1 is 1.15 bits per heavy atom. The number of methoxy groups -OCH3 is 1. The minimum absolute atomic E-state index is 0. The van der Waals surface area contributed by atoms with Gasteiger partial charge in [0.1, 0.15) is 12.4 Å². The van der Waals surface area contributed by atoms with Gasteiger partial charge in [0.05, 0.1) is 11.1 Å². The number of hydrogen-bond donors (Lipinski definition) is 1. The molecule has 1 N–H and O–H groups in total. The number of benzene rings is 2. The second-order valence-corrected chi connectivity index (χ2v) is 6.60. The molecule has 0 unspecified atom stereocenters. The first-order valence-electron chi connectivity index (χ1n) is 8.66. The summed E-state index contributed by atoms with van der Waals surface area (Å²) in [5.74, 6) is 0.948. The van der Waals surface area contributed by atoms with Crippen LogP contribution in [0.4, 0.5) is 4.39 Å². The quantitative estimate of drug-likeness (QED) is 0.471. The van der Waals surface area contributed by atoms with E-state index < -0.39 is 0 Å². The fraction of sp³-hybridized carbons (Fsp3) is 0.400. The summed E-state index contributed by atoms with van der Waals surface area (Å²) < 4.78 is 31.2. The predicted molar refractivity (Wildman–Crippen MR) is 111 cm³/mol. The van der Waals surface area contributed by atoms with Gasteiger partial charge in [-0.1, -0.05) is 18.2 Å². The van der Waals surface area contributed by atoms with Gasteiger partial charge in [0.25, 0.3) is 0 Å². The molecule has 0 saturated heterocycles. The van der Waals surface area contributed by atoms with Gasteiger partial charge in [-0.15, -0.1) is 12.4 Å². The normalized spacial score (nSPS) is 10.4. The molecule has 0 fully saturated rings. The Labute approximate surface area is 174 Å². The number of ether oxygens (including phenoxy) is 3. The van der Waals surface area contributed by atoms with Crippen LogP contribution < -0.4 is 14.8 Å². The number of rotatable bonds is 11. The molecule has 0 aliphatic heterocycles. The van der Waals surface area contributed by atoms with E-state index in [2.05, 4.69) is 21.2 Å². The van der Waals surface area contributed by atoms with E-state index >= 15 is 0 Å². The van der Waals surface area contributed by atoms with Gasteiger partial charge in [0, 0.05) is 25.8 Å². The SMILES string of the molecule is CCOc1cc(CNCCCOC)cc(Br)c1OCc1ccccc1F.Cl. The summed E-state index contributed by atoms with van der Waals surface area (Å²) in [6.07, 6.45) is 0.958. The van der Waals surface area contributed by atoms with Crippen LogP contribution in [0.2, 0.25) is 0 Å². The summed E-state index contributed by atoms with van der Waals surface area (Å²) in [5.41, 5.74) is 1.58. The second-order valence-electron chi connectivity index (χ2n) is 5.74. The third kappa shape index (κ3) is 7.66. The molecular formula is C20H26BrClFNO3. The van der Waals surface area contributed by atoms with Crippen LogP contribution in [0.25, 0.3) is 0 Å². The van der Waals surface area contributed by atoms with Crippen LogP contribution in [0.3, 0.4) is 0 Å². The zero-order chi connectivity index (χ0) is 18.8. The molecule has 0 bridgehead atoms. The zero-order valence-corrected chi connectivity index (χ0v) is 18.0. The van der Waals surface area contributed by atoms with Crippen LogP contribution in [0, 0.1) is 5.82 Å². The van der Waals surface area contributed by atoms with Gasteiger partial charge >= 0.3 is 0 Å². The largest absolute Gasteiger partial charge is 0.490 e. The van der Waals surface area contributed by atoms with Gasteiger partial charge in [0.2, 0.25) is 0 Å². The van der Waals surface area contributed by atoms with Gasteiger partial charge in [-0.3, -0.25) is 0 Å². The predicted octanol–water partition coefficient (Wildman–Crippen LogP) is 5.11. The van der Waals surface area contributed by atoms with E-state index in [1.807, 2.05) is 19.1 Å². The molecule has 4 nitrogen and oxygen atoms in total. The minimum Gasteiger partial charge on any atom is -0.490 e. The Balaban J connectivity index is 0.00000364. The van der Waals surface area contributed by atoms with Gasteiger partial charge in [-0.2, -0.15) is 0 Å². The van der Waals surface area contributed by atoms with Gasteiger partial charge in [-0.25, -0.2) is 4.39 Å². The molecule has 7 heteroatoms. The van der Waals surface area contributed by atoms with Crippen LogP contribution in [0.5, 0.6) is 11.5 Å². The lowest BCUT2D eigenvalue weighted by Crippen LogP contribution is -2.16. The summed E-state index contributed by atoms with van der Waals surface area (Å²) in [4.78, 5) is 0. The smallest absolute Gasteiger partial charge is 0.175 e. The molecule has 0 spiro atoms. The molecule has 0 aromatic heterocycles. The van der Waals surface area contributed by atoms with Gasteiger partial charge in [-0.05, 0) is 59.6 Å². The van der Waals surface area contributed by atoms with Crippen LogP contribution in [0.15, 0.2) is 40.9 Å². The molecular weight excluding hydrogens is 437 g/mol. The van der Waals surface area contributed by atoms with E-state index in [0.717, 1.165) is 36.2 Å². The molecule has 0 heterocycles. The van der Waals surface area contributed by atoms with Gasteiger partial charge < -0.3 is 19.5 Å². The van der Waals surface area contributed by atoms with Crippen LogP contribution >= 0.6 is 28.3 Å². The summed E-state index contributed by atoms with van der Waals surface area (Å²) in [7, 11) is 1.70. The Kier molecular flexibility index (Phi) is 11.4. The minimum atomic E-state index is -0.279. The van der Waals surface area contributed by atoms with Crippen molar-refractivity contribution in [3.8, 4) is 11.5 Å². The van der Waals surface area contributed by atoms with Crippen molar-refractivity contribution >= 4 is 28.3 Å². The van der Waals surface area contributed by atoms with E-state index in [9.17, 15) is 4.39 Å². The molecule has 0 aliphatic carbocycles.